The van der Waals surface area contributed by atoms with Crippen molar-refractivity contribution in [3.8, 4) is 0 Å². The normalized spacial score (nSPS) is 12.8. The van der Waals surface area contributed by atoms with Crippen LogP contribution in [-0.4, -0.2) is 24.6 Å². The number of methoxy groups -OCH3 is 1. The van der Waals surface area contributed by atoms with Crippen LogP contribution in [0, 0.1) is 5.92 Å². The fraction of sp³-hybridized carbons (Fsp3) is 0.600. The lowest BCUT2D eigenvalue weighted by Gasteiger charge is -2.15. The summed E-state index contributed by atoms with van der Waals surface area (Å²) in [6.45, 7) is 4.94. The number of carbonyl (C=O) groups is 1. The number of esters is 1. The molecule has 15 heavy (non-hydrogen) atoms. The molecule has 0 aliphatic heterocycles. The highest BCUT2D eigenvalue weighted by molar-refractivity contribution is 7.09. The summed E-state index contributed by atoms with van der Waals surface area (Å²) >= 11 is 1.45. The summed E-state index contributed by atoms with van der Waals surface area (Å²) in [7, 11) is 1.39. The molecule has 0 aliphatic carbocycles. The van der Waals surface area contributed by atoms with Gasteiger partial charge in [0.25, 0.3) is 0 Å². The van der Waals surface area contributed by atoms with Crippen molar-refractivity contribution >= 4 is 17.3 Å². The molecule has 0 amide bonds. The summed E-state index contributed by atoms with van der Waals surface area (Å²) in [4.78, 5) is 15.6. The van der Waals surface area contributed by atoms with Crippen LogP contribution in [0.3, 0.4) is 0 Å². The van der Waals surface area contributed by atoms with Crippen molar-refractivity contribution in [2.24, 2.45) is 5.92 Å². The van der Waals surface area contributed by atoms with Gasteiger partial charge in [-0.1, -0.05) is 13.8 Å². The van der Waals surface area contributed by atoms with E-state index in [9.17, 15) is 4.79 Å². The molecule has 1 unspecified atom stereocenters. The lowest BCUT2D eigenvalue weighted by atomic mass is 10.2. The zero-order valence-electron chi connectivity index (χ0n) is 9.19. The predicted octanol–water partition coefficient (Wildman–Crippen LogP) is 1.60. The van der Waals surface area contributed by atoms with Crippen LogP contribution < -0.4 is 5.32 Å². The van der Waals surface area contributed by atoms with Crippen LogP contribution in [0.15, 0.2) is 11.6 Å². The molecule has 0 saturated carbocycles. The van der Waals surface area contributed by atoms with Crippen LogP contribution >= 0.6 is 11.3 Å². The second kappa shape index (κ2) is 5.82. The molecule has 0 aromatic carbocycles. The molecular weight excluding hydrogens is 212 g/mol. The van der Waals surface area contributed by atoms with Gasteiger partial charge in [-0.05, 0) is 12.5 Å². The van der Waals surface area contributed by atoms with Crippen molar-refractivity contribution in [3.05, 3.63) is 16.6 Å². The molecule has 5 heteroatoms. The number of rotatable bonds is 5. The van der Waals surface area contributed by atoms with E-state index in [0.29, 0.717) is 5.92 Å². The van der Waals surface area contributed by atoms with Crippen LogP contribution in [0.4, 0.5) is 0 Å². The Morgan fingerprint density at radius 3 is 2.87 bits per heavy atom. The molecule has 84 valence electrons. The third-order valence-electron chi connectivity index (χ3n) is 1.87. The highest BCUT2D eigenvalue weighted by atomic mass is 32.1. The number of carbonyl (C=O) groups excluding carboxylic acids is 1. The van der Waals surface area contributed by atoms with Gasteiger partial charge in [-0.25, -0.2) is 9.78 Å². The van der Waals surface area contributed by atoms with Gasteiger partial charge in [0.1, 0.15) is 5.01 Å². The number of nitrogens with zero attached hydrogens (tertiary/aromatic N) is 1. The molecule has 0 bridgehead atoms. The minimum atomic E-state index is -0.433. The number of nitrogens with one attached hydrogen (secondary N) is 1. The molecule has 0 aliphatic rings. The molecule has 1 rings (SSSR count). The van der Waals surface area contributed by atoms with Gasteiger partial charge >= 0.3 is 5.97 Å². The number of hydrogen-bond donors (Lipinski definition) is 1. The number of hydrogen-bond acceptors (Lipinski definition) is 5. The van der Waals surface area contributed by atoms with Gasteiger partial charge < -0.3 is 4.74 Å². The minimum Gasteiger partial charge on any atom is -0.468 e. The maximum atomic E-state index is 11.5. The largest absolute Gasteiger partial charge is 0.468 e. The third kappa shape index (κ3) is 3.60. The molecule has 1 aromatic rings. The fourth-order valence-electron chi connectivity index (χ4n) is 1.12. The Hall–Kier alpha value is -0.940. The van der Waals surface area contributed by atoms with Crippen LogP contribution in [0.25, 0.3) is 0 Å². The SMILES string of the molecule is COC(=O)C(NCC(C)C)c1nccs1. The van der Waals surface area contributed by atoms with Crippen LogP contribution in [0.5, 0.6) is 0 Å². The molecule has 0 saturated heterocycles. The minimum absolute atomic E-state index is 0.286. The van der Waals surface area contributed by atoms with E-state index in [1.54, 1.807) is 6.20 Å². The average molecular weight is 228 g/mol. The number of aromatic nitrogens is 1. The van der Waals surface area contributed by atoms with E-state index in [1.165, 1.54) is 18.4 Å². The van der Waals surface area contributed by atoms with E-state index < -0.39 is 6.04 Å². The second-order valence-electron chi connectivity index (χ2n) is 3.63. The van der Waals surface area contributed by atoms with Crippen molar-refractivity contribution in [1.82, 2.24) is 10.3 Å². The standard InChI is InChI=1S/C10H16N2O2S/c1-7(2)6-12-8(10(13)14-3)9-11-4-5-15-9/h4-5,7-8,12H,6H2,1-3H3. The summed E-state index contributed by atoms with van der Waals surface area (Å²) in [5, 5.41) is 5.75. The van der Waals surface area contributed by atoms with E-state index in [-0.39, 0.29) is 5.97 Å². The van der Waals surface area contributed by atoms with E-state index in [2.05, 4.69) is 24.1 Å². The number of ether oxygens (including phenoxy) is 1. The molecule has 0 radical (unpaired) electrons. The molecule has 1 heterocycles. The summed E-state index contributed by atoms with van der Waals surface area (Å²) in [5.41, 5.74) is 0. The molecule has 1 atom stereocenters. The highest BCUT2D eigenvalue weighted by Gasteiger charge is 2.23. The van der Waals surface area contributed by atoms with E-state index in [1.807, 2.05) is 5.38 Å². The van der Waals surface area contributed by atoms with Crippen molar-refractivity contribution in [2.75, 3.05) is 13.7 Å². The topological polar surface area (TPSA) is 51.2 Å². The van der Waals surface area contributed by atoms with E-state index in [4.69, 9.17) is 4.74 Å². The highest BCUT2D eigenvalue weighted by Crippen LogP contribution is 2.17. The molecule has 4 nitrogen and oxygen atoms in total. The summed E-state index contributed by atoms with van der Waals surface area (Å²) in [6, 6.07) is -0.433. The summed E-state index contributed by atoms with van der Waals surface area (Å²) in [5.74, 6) is 0.197. The molecule has 0 spiro atoms. The van der Waals surface area contributed by atoms with Gasteiger partial charge in [-0.2, -0.15) is 0 Å². The first-order valence-electron chi connectivity index (χ1n) is 4.85. The lowest BCUT2D eigenvalue weighted by molar-refractivity contribution is -0.143. The molecule has 1 aromatic heterocycles. The van der Waals surface area contributed by atoms with Crippen LogP contribution in [0.2, 0.25) is 0 Å². The van der Waals surface area contributed by atoms with E-state index in [0.717, 1.165) is 11.6 Å². The molecule has 1 N–H and O–H groups in total. The molecular formula is C10H16N2O2S. The maximum Gasteiger partial charge on any atom is 0.330 e. The predicted molar refractivity (Wildman–Crippen MR) is 59.7 cm³/mol. The Labute approximate surface area is 93.7 Å². The van der Waals surface area contributed by atoms with Crippen LogP contribution in [0.1, 0.15) is 24.9 Å². The zero-order chi connectivity index (χ0) is 11.3. The fourth-order valence-corrected chi connectivity index (χ4v) is 1.82. The van der Waals surface area contributed by atoms with Gasteiger partial charge in [-0.15, -0.1) is 11.3 Å². The zero-order valence-corrected chi connectivity index (χ0v) is 10.0. The van der Waals surface area contributed by atoms with Gasteiger partial charge in [-0.3, -0.25) is 5.32 Å². The average Bonchev–Trinajstić information content (AvgIpc) is 2.70. The second-order valence-corrected chi connectivity index (χ2v) is 4.55. The van der Waals surface area contributed by atoms with Gasteiger partial charge in [0.2, 0.25) is 0 Å². The van der Waals surface area contributed by atoms with Gasteiger partial charge in [0.15, 0.2) is 6.04 Å². The Balaban J connectivity index is 2.66. The monoisotopic (exact) mass is 228 g/mol. The lowest BCUT2D eigenvalue weighted by Crippen LogP contribution is -2.32. The smallest absolute Gasteiger partial charge is 0.330 e. The van der Waals surface area contributed by atoms with Crippen molar-refractivity contribution in [2.45, 2.75) is 19.9 Å². The van der Waals surface area contributed by atoms with Crippen molar-refractivity contribution in [3.63, 3.8) is 0 Å². The Morgan fingerprint density at radius 1 is 1.67 bits per heavy atom. The van der Waals surface area contributed by atoms with Gasteiger partial charge in [0.05, 0.1) is 7.11 Å². The van der Waals surface area contributed by atoms with E-state index >= 15 is 0 Å². The maximum absolute atomic E-state index is 11.5. The first-order valence-corrected chi connectivity index (χ1v) is 5.73. The third-order valence-corrected chi connectivity index (χ3v) is 2.71. The Bertz CT molecular complexity index is 298. The quantitative estimate of drug-likeness (QED) is 0.778. The first kappa shape index (κ1) is 12.1. The summed E-state index contributed by atoms with van der Waals surface area (Å²) in [6.07, 6.45) is 1.69. The van der Waals surface area contributed by atoms with Crippen LogP contribution in [-0.2, 0) is 9.53 Å². The Kier molecular flexibility index (Phi) is 4.71. The first-order chi connectivity index (χ1) is 7.15. The summed E-state index contributed by atoms with van der Waals surface area (Å²) < 4.78 is 4.73. The molecule has 0 fully saturated rings. The van der Waals surface area contributed by atoms with Gasteiger partial charge in [0, 0.05) is 11.6 Å². The van der Waals surface area contributed by atoms with Crippen molar-refractivity contribution in [1.29, 1.82) is 0 Å². The number of thiazole rings is 1. The Morgan fingerprint density at radius 2 is 2.40 bits per heavy atom. The van der Waals surface area contributed by atoms with Crippen molar-refractivity contribution < 1.29 is 9.53 Å².